The van der Waals surface area contributed by atoms with Gasteiger partial charge in [0.1, 0.15) is 5.69 Å². The highest BCUT2D eigenvalue weighted by Gasteiger charge is 2.23. The van der Waals surface area contributed by atoms with Crippen molar-refractivity contribution in [3.8, 4) is 5.69 Å². The van der Waals surface area contributed by atoms with E-state index in [0.717, 1.165) is 5.69 Å². The first-order valence-corrected chi connectivity index (χ1v) is 5.62. The fourth-order valence-corrected chi connectivity index (χ4v) is 1.82. The summed E-state index contributed by atoms with van der Waals surface area (Å²) >= 11 is 0. The van der Waals surface area contributed by atoms with Crippen LogP contribution in [0.3, 0.4) is 0 Å². The van der Waals surface area contributed by atoms with Gasteiger partial charge in [0.05, 0.1) is 19.8 Å². The Kier molecular flexibility index (Phi) is 3.66. The zero-order valence-electron chi connectivity index (χ0n) is 10.6. The van der Waals surface area contributed by atoms with E-state index in [1.807, 2.05) is 30.3 Å². The van der Waals surface area contributed by atoms with Crippen molar-refractivity contribution in [1.82, 2.24) is 4.57 Å². The Hall–Kier alpha value is -2.56. The molecule has 1 aromatic heterocycles. The predicted octanol–water partition coefficient (Wildman–Crippen LogP) is 2.05. The number of hydrogen-bond acceptors (Lipinski definition) is 4. The Morgan fingerprint density at radius 1 is 0.947 bits per heavy atom. The topological polar surface area (TPSA) is 57.5 Å². The van der Waals surface area contributed by atoms with Crippen LogP contribution in [0.4, 0.5) is 0 Å². The lowest BCUT2D eigenvalue weighted by Gasteiger charge is -2.09. The van der Waals surface area contributed by atoms with E-state index < -0.39 is 11.9 Å². The van der Waals surface area contributed by atoms with Gasteiger partial charge in [0.15, 0.2) is 0 Å². The molecule has 0 aliphatic carbocycles. The van der Waals surface area contributed by atoms with Gasteiger partial charge >= 0.3 is 11.9 Å². The number of carbonyl (C=O) groups excluding carboxylic acids is 2. The van der Waals surface area contributed by atoms with Gasteiger partial charge in [-0.05, 0) is 18.2 Å². The largest absolute Gasteiger partial charge is 0.465 e. The molecule has 1 heterocycles. The van der Waals surface area contributed by atoms with Crippen molar-refractivity contribution in [3.05, 3.63) is 53.9 Å². The molecular weight excluding hydrogens is 246 g/mol. The van der Waals surface area contributed by atoms with E-state index >= 15 is 0 Å². The Bertz CT molecular complexity index is 601. The number of ether oxygens (including phenoxy) is 2. The second kappa shape index (κ2) is 5.39. The van der Waals surface area contributed by atoms with Gasteiger partial charge in [-0.15, -0.1) is 0 Å². The van der Waals surface area contributed by atoms with Crippen LogP contribution >= 0.6 is 0 Å². The van der Waals surface area contributed by atoms with Crippen molar-refractivity contribution in [1.29, 1.82) is 0 Å². The van der Waals surface area contributed by atoms with Gasteiger partial charge in [-0.1, -0.05) is 18.2 Å². The normalized spacial score (nSPS) is 10.0. The standard InChI is InChI=1S/C14H13NO4/c1-18-13(16)11-8-9-15(12(11)14(17)19-2)10-6-4-3-5-7-10/h3-9H,1-2H3. The van der Waals surface area contributed by atoms with E-state index in [2.05, 4.69) is 4.74 Å². The molecule has 2 aromatic rings. The van der Waals surface area contributed by atoms with Crippen LogP contribution in [0.2, 0.25) is 0 Å². The second-order valence-electron chi connectivity index (χ2n) is 3.77. The molecule has 0 amide bonds. The van der Waals surface area contributed by atoms with E-state index in [0.29, 0.717) is 0 Å². The zero-order chi connectivity index (χ0) is 13.8. The zero-order valence-corrected chi connectivity index (χ0v) is 10.6. The fraction of sp³-hybridized carbons (Fsp3) is 0.143. The van der Waals surface area contributed by atoms with Crippen LogP contribution < -0.4 is 0 Å². The second-order valence-corrected chi connectivity index (χ2v) is 3.77. The summed E-state index contributed by atoms with van der Waals surface area (Å²) in [5, 5.41) is 0. The first-order valence-electron chi connectivity index (χ1n) is 5.62. The lowest BCUT2D eigenvalue weighted by molar-refractivity contribution is 0.0549. The Balaban J connectivity index is 2.60. The molecule has 0 N–H and O–H groups in total. The van der Waals surface area contributed by atoms with Crippen LogP contribution in [0.5, 0.6) is 0 Å². The van der Waals surface area contributed by atoms with Crippen molar-refractivity contribution in [2.75, 3.05) is 14.2 Å². The summed E-state index contributed by atoms with van der Waals surface area (Å²) in [5.41, 5.74) is 1.09. The van der Waals surface area contributed by atoms with Gasteiger partial charge in [-0.3, -0.25) is 0 Å². The third-order valence-corrected chi connectivity index (χ3v) is 2.70. The van der Waals surface area contributed by atoms with Gasteiger partial charge in [-0.25, -0.2) is 9.59 Å². The molecular formula is C14H13NO4. The number of hydrogen-bond donors (Lipinski definition) is 0. The van der Waals surface area contributed by atoms with Crippen LogP contribution in [0, 0.1) is 0 Å². The summed E-state index contributed by atoms with van der Waals surface area (Å²) < 4.78 is 11.0. The van der Waals surface area contributed by atoms with Gasteiger partial charge < -0.3 is 14.0 Å². The number of benzene rings is 1. The smallest absolute Gasteiger partial charge is 0.355 e. The third-order valence-electron chi connectivity index (χ3n) is 2.70. The highest BCUT2D eigenvalue weighted by Crippen LogP contribution is 2.19. The summed E-state index contributed by atoms with van der Waals surface area (Å²) in [5.74, 6) is -1.16. The number of rotatable bonds is 3. The number of esters is 2. The average Bonchev–Trinajstić information content (AvgIpc) is 2.91. The van der Waals surface area contributed by atoms with Crippen molar-refractivity contribution in [2.24, 2.45) is 0 Å². The highest BCUT2D eigenvalue weighted by molar-refractivity contribution is 6.02. The minimum absolute atomic E-state index is 0.153. The number of nitrogens with zero attached hydrogens (tertiary/aromatic N) is 1. The molecule has 0 aliphatic heterocycles. The quantitative estimate of drug-likeness (QED) is 0.791. The molecule has 0 radical (unpaired) electrons. The van der Waals surface area contributed by atoms with Crippen LogP contribution in [-0.4, -0.2) is 30.7 Å². The lowest BCUT2D eigenvalue weighted by atomic mass is 10.2. The molecule has 98 valence electrons. The molecule has 0 atom stereocenters. The van der Waals surface area contributed by atoms with Crippen LogP contribution in [0.1, 0.15) is 20.8 Å². The van der Waals surface area contributed by atoms with Crippen LogP contribution in [-0.2, 0) is 9.47 Å². The summed E-state index contributed by atoms with van der Waals surface area (Å²) in [6.07, 6.45) is 1.63. The minimum atomic E-state index is -0.589. The van der Waals surface area contributed by atoms with Gasteiger partial charge in [0.25, 0.3) is 0 Å². The maximum Gasteiger partial charge on any atom is 0.355 e. The molecule has 0 unspecified atom stereocenters. The van der Waals surface area contributed by atoms with Gasteiger partial charge in [-0.2, -0.15) is 0 Å². The SMILES string of the molecule is COC(=O)c1ccn(-c2ccccc2)c1C(=O)OC. The highest BCUT2D eigenvalue weighted by atomic mass is 16.5. The molecule has 5 heteroatoms. The van der Waals surface area contributed by atoms with Crippen molar-refractivity contribution >= 4 is 11.9 Å². The van der Waals surface area contributed by atoms with Gasteiger partial charge in [0.2, 0.25) is 0 Å². The number of aromatic nitrogens is 1. The summed E-state index contributed by atoms with van der Waals surface area (Å²) in [6, 6.07) is 10.7. The maximum absolute atomic E-state index is 11.9. The summed E-state index contributed by atoms with van der Waals surface area (Å²) in [7, 11) is 2.54. The van der Waals surface area contributed by atoms with E-state index in [1.165, 1.54) is 20.3 Å². The maximum atomic E-state index is 11.9. The molecule has 0 bridgehead atoms. The number of carbonyl (C=O) groups is 2. The van der Waals surface area contributed by atoms with Crippen molar-refractivity contribution in [2.45, 2.75) is 0 Å². The van der Waals surface area contributed by atoms with E-state index in [9.17, 15) is 9.59 Å². The molecule has 0 spiro atoms. The monoisotopic (exact) mass is 259 g/mol. The van der Waals surface area contributed by atoms with Gasteiger partial charge in [0, 0.05) is 11.9 Å². The van der Waals surface area contributed by atoms with Crippen LogP contribution in [0.15, 0.2) is 42.6 Å². The molecule has 0 aliphatic rings. The summed E-state index contributed by atoms with van der Waals surface area (Å²) in [4.78, 5) is 23.5. The first kappa shape index (κ1) is 12.9. The van der Waals surface area contributed by atoms with E-state index in [-0.39, 0.29) is 11.3 Å². The molecule has 2 rings (SSSR count). The summed E-state index contributed by atoms with van der Waals surface area (Å²) in [6.45, 7) is 0. The Morgan fingerprint density at radius 3 is 2.16 bits per heavy atom. The lowest BCUT2D eigenvalue weighted by Crippen LogP contribution is -2.14. The van der Waals surface area contributed by atoms with E-state index in [4.69, 9.17) is 4.74 Å². The minimum Gasteiger partial charge on any atom is -0.465 e. The number of methoxy groups -OCH3 is 2. The first-order chi connectivity index (χ1) is 9.19. The number of para-hydroxylation sites is 1. The third kappa shape index (κ3) is 2.35. The average molecular weight is 259 g/mol. The molecule has 5 nitrogen and oxygen atoms in total. The van der Waals surface area contributed by atoms with E-state index in [1.54, 1.807) is 10.8 Å². The predicted molar refractivity (Wildman–Crippen MR) is 68.4 cm³/mol. The Morgan fingerprint density at radius 2 is 1.58 bits per heavy atom. The van der Waals surface area contributed by atoms with Crippen molar-refractivity contribution < 1.29 is 19.1 Å². The molecule has 0 saturated heterocycles. The Labute approximate surface area is 110 Å². The molecule has 0 saturated carbocycles. The molecule has 19 heavy (non-hydrogen) atoms. The fourth-order valence-electron chi connectivity index (χ4n) is 1.82. The molecule has 1 aromatic carbocycles. The molecule has 0 fully saturated rings. The van der Waals surface area contributed by atoms with Crippen LogP contribution in [0.25, 0.3) is 5.69 Å². The van der Waals surface area contributed by atoms with Crippen molar-refractivity contribution in [3.63, 3.8) is 0 Å².